The summed E-state index contributed by atoms with van der Waals surface area (Å²) in [7, 11) is 2.02. The molecule has 260 valence electrons. The lowest BCUT2D eigenvalue weighted by Crippen LogP contribution is -2.48. The van der Waals surface area contributed by atoms with Crippen molar-refractivity contribution >= 4 is 29.4 Å². The van der Waals surface area contributed by atoms with E-state index in [1.165, 1.54) is 4.90 Å². The summed E-state index contributed by atoms with van der Waals surface area (Å²) in [6, 6.07) is 7.91. The Balaban J connectivity index is 0.000000671. The molecular weight excluding hydrogens is 657 g/mol. The van der Waals surface area contributed by atoms with E-state index in [1.807, 2.05) is 16.8 Å². The van der Waals surface area contributed by atoms with Gasteiger partial charge in [0.1, 0.15) is 11.6 Å². The number of hydrogen-bond acceptors (Lipinski definition) is 8. The van der Waals surface area contributed by atoms with E-state index in [9.17, 15) is 40.3 Å². The number of piperazine rings is 2. The standard InChI is InChI=1S/C27H30F4N8O2.C2HF3O2/c1-36-7-11-38(12-8-36)25(40)18-15-19(33-23(16-18)34-22-5-6-32-35-22)17-37-9-13-39(14-10-37)26(41)20-3-2-4-21(24(20)28)27(29,30)31;3-2(4,5)1(6)7/h2-6,15-16H,7-14,17H2,1H3,(H2,32,33,34,35);(H,6,7). The number of nitrogens with one attached hydrogen (secondary N) is 2. The third kappa shape index (κ3) is 9.40. The number of aliphatic carboxylic acids is 1. The van der Waals surface area contributed by atoms with Crippen molar-refractivity contribution in [2.24, 2.45) is 0 Å². The van der Waals surface area contributed by atoms with Crippen molar-refractivity contribution in [3.63, 3.8) is 0 Å². The van der Waals surface area contributed by atoms with Gasteiger partial charge in [0.25, 0.3) is 11.8 Å². The zero-order valence-corrected chi connectivity index (χ0v) is 25.4. The summed E-state index contributed by atoms with van der Waals surface area (Å²) in [6.45, 7) is 4.39. The Hall–Kier alpha value is -4.78. The maximum absolute atomic E-state index is 14.5. The maximum Gasteiger partial charge on any atom is 0.490 e. The fraction of sp³-hybridized carbons (Fsp3) is 0.414. The smallest absolute Gasteiger partial charge is 0.475 e. The number of benzene rings is 1. The Morgan fingerprint density at radius 3 is 2.04 bits per heavy atom. The van der Waals surface area contributed by atoms with Gasteiger partial charge in [-0.15, -0.1) is 0 Å². The van der Waals surface area contributed by atoms with Gasteiger partial charge in [-0.1, -0.05) is 6.07 Å². The number of anilines is 2. The molecular formula is C29H31F7N8O4. The number of halogens is 7. The SMILES string of the molecule is CN1CCN(C(=O)c2cc(CN3CCN(C(=O)c4cccc(C(F)(F)F)c4F)CC3)nc(Nc3cc[nH]n3)c2)CC1.O=C(O)C(F)(F)F. The lowest BCUT2D eigenvalue weighted by molar-refractivity contribution is -0.192. The number of carbonyl (C=O) groups excluding carboxylic acids is 2. The molecule has 0 saturated carbocycles. The van der Waals surface area contributed by atoms with Crippen LogP contribution in [0.1, 0.15) is 32.0 Å². The minimum atomic E-state index is -5.08. The summed E-state index contributed by atoms with van der Waals surface area (Å²) in [5, 5.41) is 17.0. The van der Waals surface area contributed by atoms with Crippen LogP contribution in [0.2, 0.25) is 0 Å². The van der Waals surface area contributed by atoms with Crippen LogP contribution in [0.3, 0.4) is 0 Å². The number of carboxylic acids is 1. The first-order valence-corrected chi connectivity index (χ1v) is 14.5. The summed E-state index contributed by atoms with van der Waals surface area (Å²) in [5.41, 5.74) is -0.935. The van der Waals surface area contributed by atoms with Gasteiger partial charge in [0.05, 0.1) is 16.8 Å². The first kappa shape index (κ1) is 36.1. The van der Waals surface area contributed by atoms with Crippen LogP contribution in [-0.2, 0) is 17.5 Å². The molecule has 0 bridgehead atoms. The molecule has 0 atom stereocenters. The number of pyridine rings is 1. The van der Waals surface area contributed by atoms with E-state index in [1.54, 1.807) is 24.4 Å². The largest absolute Gasteiger partial charge is 0.490 e. The van der Waals surface area contributed by atoms with Gasteiger partial charge in [0.15, 0.2) is 5.82 Å². The van der Waals surface area contributed by atoms with Crippen LogP contribution in [-0.4, -0.2) is 123 Å². The zero-order valence-electron chi connectivity index (χ0n) is 25.4. The molecule has 2 saturated heterocycles. The molecule has 2 aliphatic rings. The number of aromatic amines is 1. The molecule has 0 spiro atoms. The summed E-state index contributed by atoms with van der Waals surface area (Å²) >= 11 is 0. The molecule has 3 aromatic rings. The second-order valence-corrected chi connectivity index (χ2v) is 10.9. The normalized spacial score (nSPS) is 16.2. The van der Waals surface area contributed by atoms with E-state index >= 15 is 0 Å². The molecule has 19 heteroatoms. The highest BCUT2D eigenvalue weighted by Gasteiger charge is 2.38. The van der Waals surface area contributed by atoms with Crippen LogP contribution >= 0.6 is 0 Å². The minimum absolute atomic E-state index is 0.0923. The van der Waals surface area contributed by atoms with Gasteiger partial charge in [-0.25, -0.2) is 14.2 Å². The average Bonchev–Trinajstić information content (AvgIpc) is 3.53. The van der Waals surface area contributed by atoms with Crippen molar-refractivity contribution in [1.29, 1.82) is 0 Å². The zero-order chi connectivity index (χ0) is 35.2. The molecule has 2 aromatic heterocycles. The Labute approximate surface area is 269 Å². The minimum Gasteiger partial charge on any atom is -0.475 e. The first-order chi connectivity index (χ1) is 22.5. The molecule has 5 rings (SSSR count). The Kier molecular flexibility index (Phi) is 11.2. The topological polar surface area (TPSA) is 138 Å². The molecule has 3 N–H and O–H groups in total. The maximum atomic E-state index is 14.5. The van der Waals surface area contributed by atoms with Gasteiger partial charge in [0.2, 0.25) is 0 Å². The van der Waals surface area contributed by atoms with Gasteiger partial charge >= 0.3 is 18.3 Å². The Bertz CT molecular complexity index is 1590. The lowest BCUT2D eigenvalue weighted by Gasteiger charge is -2.35. The number of rotatable bonds is 6. The Morgan fingerprint density at radius 2 is 1.48 bits per heavy atom. The van der Waals surface area contributed by atoms with E-state index < -0.39 is 41.2 Å². The lowest BCUT2D eigenvalue weighted by atomic mass is 10.1. The van der Waals surface area contributed by atoms with E-state index in [0.717, 1.165) is 25.2 Å². The second-order valence-electron chi connectivity index (χ2n) is 10.9. The third-order valence-electron chi connectivity index (χ3n) is 7.49. The predicted octanol–water partition coefficient (Wildman–Crippen LogP) is 3.69. The molecule has 0 aliphatic carbocycles. The number of aromatic nitrogens is 3. The number of carboxylic acid groups (broad SMARTS) is 1. The van der Waals surface area contributed by atoms with Gasteiger partial charge < -0.3 is 25.1 Å². The number of H-pyrrole nitrogens is 1. The number of likely N-dealkylation sites (N-methyl/N-ethyl adjacent to an activating group) is 1. The number of alkyl halides is 6. The van der Waals surface area contributed by atoms with Gasteiger partial charge in [-0.05, 0) is 31.3 Å². The summed E-state index contributed by atoms with van der Waals surface area (Å²) < 4.78 is 85.6. The van der Waals surface area contributed by atoms with Crippen LogP contribution in [0, 0.1) is 5.82 Å². The third-order valence-corrected chi connectivity index (χ3v) is 7.49. The molecule has 2 amide bonds. The molecule has 0 unspecified atom stereocenters. The fourth-order valence-electron chi connectivity index (χ4n) is 4.93. The summed E-state index contributed by atoms with van der Waals surface area (Å²) in [6.07, 6.45) is -8.31. The van der Waals surface area contributed by atoms with Crippen molar-refractivity contribution in [3.05, 3.63) is 70.8 Å². The number of hydrogen-bond donors (Lipinski definition) is 3. The van der Waals surface area contributed by atoms with Crippen molar-refractivity contribution in [3.8, 4) is 0 Å². The highest BCUT2D eigenvalue weighted by molar-refractivity contribution is 5.95. The van der Waals surface area contributed by atoms with E-state index in [2.05, 4.69) is 25.4 Å². The molecule has 2 fully saturated rings. The average molecular weight is 689 g/mol. The Morgan fingerprint density at radius 1 is 0.875 bits per heavy atom. The number of nitrogens with zero attached hydrogens (tertiary/aromatic N) is 6. The molecule has 1 aromatic carbocycles. The van der Waals surface area contributed by atoms with Crippen molar-refractivity contribution in [2.45, 2.75) is 18.9 Å². The summed E-state index contributed by atoms with van der Waals surface area (Å²) in [5.74, 6) is -4.19. The predicted molar refractivity (Wildman–Crippen MR) is 156 cm³/mol. The fourth-order valence-corrected chi connectivity index (χ4v) is 4.93. The monoisotopic (exact) mass is 688 g/mol. The molecule has 2 aliphatic heterocycles. The molecule has 0 radical (unpaired) electrons. The van der Waals surface area contributed by atoms with E-state index in [0.29, 0.717) is 61.7 Å². The first-order valence-electron chi connectivity index (χ1n) is 14.5. The van der Waals surface area contributed by atoms with Crippen molar-refractivity contribution in [1.82, 2.24) is 34.8 Å². The number of amides is 2. The van der Waals surface area contributed by atoms with Crippen LogP contribution in [0.15, 0.2) is 42.6 Å². The van der Waals surface area contributed by atoms with Crippen LogP contribution < -0.4 is 5.32 Å². The molecule has 4 heterocycles. The van der Waals surface area contributed by atoms with Gasteiger partial charge in [-0.2, -0.15) is 31.4 Å². The van der Waals surface area contributed by atoms with Gasteiger partial charge in [0, 0.05) is 76.7 Å². The van der Waals surface area contributed by atoms with E-state index in [4.69, 9.17) is 9.90 Å². The quantitative estimate of drug-likeness (QED) is 0.331. The molecule has 48 heavy (non-hydrogen) atoms. The highest BCUT2D eigenvalue weighted by atomic mass is 19.4. The number of carbonyl (C=O) groups is 3. The van der Waals surface area contributed by atoms with Crippen molar-refractivity contribution < 1.29 is 50.2 Å². The van der Waals surface area contributed by atoms with Crippen molar-refractivity contribution in [2.75, 3.05) is 64.7 Å². The second kappa shape index (κ2) is 15.0. The highest BCUT2D eigenvalue weighted by Crippen LogP contribution is 2.33. The molecule has 12 nitrogen and oxygen atoms in total. The van der Waals surface area contributed by atoms with E-state index in [-0.39, 0.29) is 19.0 Å². The van der Waals surface area contributed by atoms with Crippen LogP contribution in [0.4, 0.5) is 42.4 Å². The van der Waals surface area contributed by atoms with Crippen LogP contribution in [0.25, 0.3) is 0 Å². The summed E-state index contributed by atoms with van der Waals surface area (Å²) in [4.78, 5) is 47.1. The van der Waals surface area contributed by atoms with Gasteiger partial charge in [-0.3, -0.25) is 19.6 Å². The van der Waals surface area contributed by atoms with Crippen LogP contribution in [0.5, 0.6) is 0 Å².